The van der Waals surface area contributed by atoms with Gasteiger partial charge in [0.05, 0.1) is 0 Å². The predicted octanol–water partition coefficient (Wildman–Crippen LogP) is 2.66. The van der Waals surface area contributed by atoms with Gasteiger partial charge in [0.15, 0.2) is 0 Å². The second kappa shape index (κ2) is 6.75. The van der Waals surface area contributed by atoms with Gasteiger partial charge >= 0.3 is 150 Å². The van der Waals surface area contributed by atoms with Gasteiger partial charge in [-0.2, -0.15) is 0 Å². The van der Waals surface area contributed by atoms with E-state index in [0.29, 0.717) is 15.8 Å². The molecule has 121 valence electrons. The molecular weight excluding hydrogens is 403 g/mol. The molecule has 2 aromatic rings. The summed E-state index contributed by atoms with van der Waals surface area (Å²) < 4.78 is 8.61. The summed E-state index contributed by atoms with van der Waals surface area (Å²) in [6.45, 7) is 0. The van der Waals surface area contributed by atoms with Crippen LogP contribution in [0.5, 0.6) is 0 Å². The molecule has 1 fully saturated rings. The van der Waals surface area contributed by atoms with Crippen LogP contribution in [0.15, 0.2) is 72.8 Å². The molecule has 0 aromatic heterocycles. The number of hydrogen-bond donors (Lipinski definition) is 0. The zero-order chi connectivity index (χ0) is 16.5. The summed E-state index contributed by atoms with van der Waals surface area (Å²) in [5.74, 6) is 0.936. The summed E-state index contributed by atoms with van der Waals surface area (Å²) >= 11 is -2.25. The van der Waals surface area contributed by atoms with E-state index in [9.17, 15) is 4.79 Å². The molecule has 4 rings (SSSR count). The van der Waals surface area contributed by atoms with Crippen LogP contribution in [0.4, 0.5) is 0 Å². The standard InChI is InChI=1S/C9H11O2.2C6H5.Sn/c1-11-9(10)8-5-6-2-3-7(8)4-6;2*1-2-4-6-5-3-1;/h2-3,5-8H,4H2,1H3;2*1-5H;/t6-,7+,8+;;;/m0.../s1. The molecule has 1 saturated carbocycles. The van der Waals surface area contributed by atoms with Crippen molar-refractivity contribution in [2.45, 2.75) is 10.4 Å². The molecule has 2 aliphatic carbocycles. The van der Waals surface area contributed by atoms with Gasteiger partial charge < -0.3 is 0 Å². The third-order valence-electron chi connectivity index (χ3n) is 5.44. The molecule has 0 aliphatic heterocycles. The summed E-state index contributed by atoms with van der Waals surface area (Å²) in [5.41, 5.74) is 0. The molecular formula is C21H21O2Sn. The summed E-state index contributed by atoms with van der Waals surface area (Å²) in [6, 6.07) is 21.8. The maximum absolute atomic E-state index is 12.6. The first-order valence-electron chi connectivity index (χ1n) is 8.53. The first-order valence-corrected chi connectivity index (χ1v) is 13.0. The number of carbonyl (C=O) groups excluding carboxylic acids is 1. The van der Waals surface area contributed by atoms with E-state index in [2.05, 4.69) is 72.8 Å². The van der Waals surface area contributed by atoms with E-state index in [4.69, 9.17) is 4.74 Å². The van der Waals surface area contributed by atoms with E-state index in [1.54, 1.807) is 0 Å². The van der Waals surface area contributed by atoms with Gasteiger partial charge in [-0.15, -0.1) is 0 Å². The van der Waals surface area contributed by atoms with Crippen LogP contribution in [-0.4, -0.2) is 32.8 Å². The van der Waals surface area contributed by atoms with Crippen molar-refractivity contribution in [2.75, 3.05) is 7.11 Å². The van der Waals surface area contributed by atoms with Crippen LogP contribution >= 0.6 is 0 Å². The van der Waals surface area contributed by atoms with Crippen LogP contribution in [0.3, 0.4) is 0 Å². The van der Waals surface area contributed by atoms with Gasteiger partial charge in [-0.25, -0.2) is 0 Å². The zero-order valence-electron chi connectivity index (χ0n) is 13.8. The van der Waals surface area contributed by atoms with E-state index >= 15 is 0 Å². The number of esters is 1. The van der Waals surface area contributed by atoms with E-state index in [1.807, 2.05) is 0 Å². The minimum atomic E-state index is -2.25. The van der Waals surface area contributed by atoms with Gasteiger partial charge in [0.25, 0.3) is 0 Å². The maximum atomic E-state index is 12.6. The van der Waals surface area contributed by atoms with Crippen LogP contribution in [0.2, 0.25) is 3.93 Å². The first-order chi connectivity index (χ1) is 11.8. The summed E-state index contributed by atoms with van der Waals surface area (Å²) in [5, 5.41) is 0. The molecule has 24 heavy (non-hydrogen) atoms. The Labute approximate surface area is 150 Å². The van der Waals surface area contributed by atoms with Crippen molar-refractivity contribution in [1.29, 1.82) is 0 Å². The number of hydrogen-bond acceptors (Lipinski definition) is 2. The molecule has 3 heteroatoms. The van der Waals surface area contributed by atoms with E-state index in [0.717, 1.165) is 6.42 Å². The first kappa shape index (κ1) is 15.9. The Morgan fingerprint density at radius 1 is 0.917 bits per heavy atom. The van der Waals surface area contributed by atoms with Crippen molar-refractivity contribution in [3.63, 3.8) is 0 Å². The van der Waals surface area contributed by atoms with Gasteiger partial charge in [0.1, 0.15) is 0 Å². The second-order valence-electron chi connectivity index (χ2n) is 6.67. The fourth-order valence-corrected chi connectivity index (χ4v) is 14.8. The predicted molar refractivity (Wildman–Crippen MR) is 97.9 cm³/mol. The summed E-state index contributed by atoms with van der Waals surface area (Å²) in [4.78, 5) is 12.6. The van der Waals surface area contributed by atoms with E-state index in [-0.39, 0.29) is 11.9 Å². The quantitative estimate of drug-likeness (QED) is 0.429. The molecule has 2 aromatic carbocycles. The van der Waals surface area contributed by atoms with Crippen molar-refractivity contribution in [2.24, 2.45) is 17.8 Å². The molecule has 0 saturated heterocycles. The summed E-state index contributed by atoms with van der Waals surface area (Å²) in [7, 11) is 1.53. The normalized spacial score (nSPS) is 27.6. The molecule has 2 nitrogen and oxygen atoms in total. The van der Waals surface area contributed by atoms with E-state index < -0.39 is 19.8 Å². The Kier molecular flexibility index (Phi) is 4.49. The Hall–Kier alpha value is -1.55. The number of benzene rings is 2. The van der Waals surface area contributed by atoms with Crippen molar-refractivity contribution >= 4 is 32.9 Å². The number of fused-ring (bicyclic) bond motifs is 2. The Bertz CT molecular complexity index is 701. The molecule has 4 atom stereocenters. The third kappa shape index (κ3) is 2.71. The van der Waals surface area contributed by atoms with Crippen LogP contribution < -0.4 is 7.16 Å². The van der Waals surface area contributed by atoms with Crippen molar-refractivity contribution in [3.8, 4) is 0 Å². The number of ether oxygens (including phenoxy) is 1. The molecule has 1 radical (unpaired) electrons. The average Bonchev–Trinajstić information content (AvgIpc) is 3.25. The van der Waals surface area contributed by atoms with Crippen LogP contribution in [0.25, 0.3) is 0 Å². The van der Waals surface area contributed by atoms with E-state index in [1.165, 1.54) is 14.3 Å². The Morgan fingerprint density at radius 2 is 1.46 bits per heavy atom. The fourth-order valence-electron chi connectivity index (χ4n) is 4.46. The molecule has 0 N–H and O–H groups in total. The van der Waals surface area contributed by atoms with Crippen LogP contribution in [0.1, 0.15) is 6.42 Å². The van der Waals surface area contributed by atoms with Gasteiger partial charge in [-0.3, -0.25) is 0 Å². The van der Waals surface area contributed by atoms with Gasteiger partial charge in [0, 0.05) is 0 Å². The monoisotopic (exact) mass is 425 g/mol. The van der Waals surface area contributed by atoms with Crippen molar-refractivity contribution in [3.05, 3.63) is 72.8 Å². The summed E-state index contributed by atoms with van der Waals surface area (Å²) in [6.07, 6.45) is 5.73. The van der Waals surface area contributed by atoms with Gasteiger partial charge in [0.2, 0.25) is 0 Å². The third-order valence-corrected chi connectivity index (χ3v) is 15.0. The van der Waals surface area contributed by atoms with Crippen LogP contribution in [-0.2, 0) is 9.53 Å². The molecule has 0 amide bonds. The zero-order valence-corrected chi connectivity index (χ0v) is 16.6. The number of rotatable bonds is 4. The number of carbonyl (C=O) groups is 1. The average molecular weight is 424 g/mol. The Morgan fingerprint density at radius 3 is 2.00 bits per heavy atom. The second-order valence-corrected chi connectivity index (χ2v) is 14.2. The van der Waals surface area contributed by atoms with Gasteiger partial charge in [-0.1, -0.05) is 0 Å². The molecule has 0 unspecified atom stereocenters. The molecule has 2 bridgehead atoms. The van der Waals surface area contributed by atoms with Crippen molar-refractivity contribution in [1.82, 2.24) is 0 Å². The Balaban J connectivity index is 1.81. The number of methoxy groups -OCH3 is 1. The van der Waals surface area contributed by atoms with Crippen molar-refractivity contribution < 1.29 is 9.53 Å². The van der Waals surface area contributed by atoms with Crippen LogP contribution in [0, 0.1) is 17.8 Å². The topological polar surface area (TPSA) is 26.3 Å². The van der Waals surface area contributed by atoms with Gasteiger partial charge in [-0.05, 0) is 0 Å². The fraction of sp³-hybridized carbons (Fsp3) is 0.286. The molecule has 0 heterocycles. The number of allylic oxidation sites excluding steroid dienone is 2. The molecule has 0 spiro atoms. The molecule has 2 aliphatic rings. The minimum absolute atomic E-state index is 0.0122. The SMILES string of the molecule is COC(=O)[C@@H]1[C@H]([Sn]([c]2ccccc2)[c]2ccccc2)[C@H]2C=C[C@@H]1C2.